The first-order valence-corrected chi connectivity index (χ1v) is 8.88. The third kappa shape index (κ3) is 10.4. The zero-order valence-electron chi connectivity index (χ0n) is 13.7. The molecule has 7 heteroatoms. The van der Waals surface area contributed by atoms with E-state index in [9.17, 15) is 0 Å². The molecular formula is C16H26BrClIN3O. The molecule has 0 unspecified atom stereocenters. The molecule has 1 aromatic carbocycles. The molecule has 0 fully saturated rings. The Labute approximate surface area is 170 Å². The van der Waals surface area contributed by atoms with Crippen LogP contribution in [0.15, 0.2) is 27.7 Å². The van der Waals surface area contributed by atoms with Crippen LogP contribution < -0.4 is 10.6 Å². The maximum absolute atomic E-state index is 6.21. The fourth-order valence-corrected chi connectivity index (χ4v) is 2.57. The molecule has 0 aliphatic rings. The van der Waals surface area contributed by atoms with Gasteiger partial charge in [0.2, 0.25) is 0 Å². The van der Waals surface area contributed by atoms with Crippen LogP contribution in [0, 0.1) is 0 Å². The van der Waals surface area contributed by atoms with Gasteiger partial charge in [0.15, 0.2) is 5.96 Å². The van der Waals surface area contributed by atoms with E-state index in [2.05, 4.69) is 38.5 Å². The number of nitrogens with zero attached hydrogens (tertiary/aromatic N) is 1. The molecule has 0 saturated carbocycles. The molecule has 1 aromatic rings. The fraction of sp³-hybridized carbons (Fsp3) is 0.562. The molecule has 0 saturated heterocycles. The zero-order valence-corrected chi connectivity index (χ0v) is 18.4. The van der Waals surface area contributed by atoms with Crippen LogP contribution in [-0.2, 0) is 11.3 Å². The molecule has 0 amide bonds. The standard InChI is InChI=1S/C16H25BrClN3O.HI/c1-3-19-16(20-9-5-6-10-22-4-2)21-12-13-7-8-14(17)11-15(13)18;/h7-8,11H,3-6,9-10,12H2,1-2H3,(H2,19,20,21);1H. The van der Waals surface area contributed by atoms with Crippen molar-refractivity contribution >= 4 is 57.5 Å². The van der Waals surface area contributed by atoms with Crippen LogP contribution in [0.25, 0.3) is 0 Å². The number of benzene rings is 1. The van der Waals surface area contributed by atoms with Gasteiger partial charge in [-0.15, -0.1) is 24.0 Å². The van der Waals surface area contributed by atoms with Gasteiger partial charge in [-0.2, -0.15) is 0 Å². The summed E-state index contributed by atoms with van der Waals surface area (Å²) < 4.78 is 6.30. The first-order valence-electron chi connectivity index (χ1n) is 7.71. The summed E-state index contributed by atoms with van der Waals surface area (Å²) in [7, 11) is 0. The van der Waals surface area contributed by atoms with Crippen molar-refractivity contribution in [3.05, 3.63) is 33.3 Å². The Morgan fingerprint density at radius 2 is 2.04 bits per heavy atom. The topological polar surface area (TPSA) is 45.7 Å². The smallest absolute Gasteiger partial charge is 0.191 e. The van der Waals surface area contributed by atoms with Crippen molar-refractivity contribution in [1.82, 2.24) is 10.6 Å². The van der Waals surface area contributed by atoms with Crippen molar-refractivity contribution in [3.63, 3.8) is 0 Å². The van der Waals surface area contributed by atoms with E-state index in [1.165, 1.54) is 0 Å². The quantitative estimate of drug-likeness (QED) is 0.218. The van der Waals surface area contributed by atoms with E-state index in [1.807, 2.05) is 25.1 Å². The Kier molecular flexibility index (Phi) is 14.3. The van der Waals surface area contributed by atoms with Crippen LogP contribution in [-0.4, -0.2) is 32.3 Å². The van der Waals surface area contributed by atoms with Crippen LogP contribution in [0.3, 0.4) is 0 Å². The maximum Gasteiger partial charge on any atom is 0.191 e. The van der Waals surface area contributed by atoms with Crippen molar-refractivity contribution in [3.8, 4) is 0 Å². The van der Waals surface area contributed by atoms with Gasteiger partial charge < -0.3 is 15.4 Å². The minimum Gasteiger partial charge on any atom is -0.382 e. The summed E-state index contributed by atoms with van der Waals surface area (Å²) in [4.78, 5) is 4.57. The molecule has 23 heavy (non-hydrogen) atoms. The molecular weight excluding hydrogens is 492 g/mol. The van der Waals surface area contributed by atoms with E-state index < -0.39 is 0 Å². The Morgan fingerprint density at radius 3 is 2.70 bits per heavy atom. The van der Waals surface area contributed by atoms with Gasteiger partial charge in [0.25, 0.3) is 0 Å². The van der Waals surface area contributed by atoms with E-state index in [-0.39, 0.29) is 24.0 Å². The van der Waals surface area contributed by atoms with Gasteiger partial charge in [-0.25, -0.2) is 4.99 Å². The number of nitrogens with one attached hydrogen (secondary N) is 2. The second-order valence-corrected chi connectivity index (χ2v) is 6.08. The molecule has 0 heterocycles. The van der Waals surface area contributed by atoms with Crippen molar-refractivity contribution in [2.45, 2.75) is 33.2 Å². The highest BCUT2D eigenvalue weighted by Crippen LogP contribution is 2.21. The summed E-state index contributed by atoms with van der Waals surface area (Å²) in [5.74, 6) is 0.817. The van der Waals surface area contributed by atoms with Crippen molar-refractivity contribution < 1.29 is 4.74 Å². The van der Waals surface area contributed by atoms with Crippen molar-refractivity contribution in [2.24, 2.45) is 4.99 Å². The average Bonchev–Trinajstić information content (AvgIpc) is 2.49. The third-order valence-electron chi connectivity index (χ3n) is 2.98. The lowest BCUT2D eigenvalue weighted by Crippen LogP contribution is -2.37. The van der Waals surface area contributed by atoms with Gasteiger partial charge in [0.1, 0.15) is 0 Å². The highest BCUT2D eigenvalue weighted by atomic mass is 127. The number of guanidine groups is 1. The first-order chi connectivity index (χ1) is 10.7. The lowest BCUT2D eigenvalue weighted by atomic mass is 10.2. The zero-order chi connectivity index (χ0) is 16.2. The molecule has 0 atom stereocenters. The molecule has 4 nitrogen and oxygen atoms in total. The Hall–Kier alpha value is -0.0500. The maximum atomic E-state index is 6.21. The summed E-state index contributed by atoms with van der Waals surface area (Å²) in [5, 5.41) is 7.30. The van der Waals surface area contributed by atoms with E-state index in [1.54, 1.807) is 0 Å². The third-order valence-corrected chi connectivity index (χ3v) is 3.82. The van der Waals surface area contributed by atoms with E-state index in [0.717, 1.165) is 60.2 Å². The van der Waals surface area contributed by atoms with E-state index >= 15 is 0 Å². The molecule has 2 N–H and O–H groups in total. The lowest BCUT2D eigenvalue weighted by molar-refractivity contribution is 0.143. The monoisotopic (exact) mass is 517 g/mol. The van der Waals surface area contributed by atoms with Crippen LogP contribution in [0.1, 0.15) is 32.3 Å². The largest absolute Gasteiger partial charge is 0.382 e. The Balaban J connectivity index is 0.00000484. The van der Waals surface area contributed by atoms with Gasteiger partial charge in [-0.3, -0.25) is 0 Å². The predicted molar refractivity (Wildman–Crippen MR) is 113 cm³/mol. The SMILES string of the molecule is CCNC(=NCc1ccc(Br)cc1Cl)NCCCCOCC.I. The summed E-state index contributed by atoms with van der Waals surface area (Å²) in [6.07, 6.45) is 2.11. The number of aliphatic imine (C=N–C) groups is 1. The second kappa shape index (κ2) is 14.3. The molecule has 132 valence electrons. The number of hydrogen-bond donors (Lipinski definition) is 2. The second-order valence-electron chi connectivity index (χ2n) is 4.76. The van der Waals surface area contributed by atoms with Crippen LogP contribution in [0.4, 0.5) is 0 Å². The van der Waals surface area contributed by atoms with Crippen LogP contribution in [0.5, 0.6) is 0 Å². The van der Waals surface area contributed by atoms with Gasteiger partial charge in [-0.1, -0.05) is 33.6 Å². The summed E-state index contributed by atoms with van der Waals surface area (Å²) in [6.45, 7) is 7.94. The number of rotatable bonds is 9. The van der Waals surface area contributed by atoms with Gasteiger partial charge in [0.05, 0.1) is 6.54 Å². The summed E-state index contributed by atoms with van der Waals surface area (Å²) in [5.41, 5.74) is 1.01. The highest BCUT2D eigenvalue weighted by molar-refractivity contribution is 14.0. The fourth-order valence-electron chi connectivity index (χ4n) is 1.84. The number of hydrogen-bond acceptors (Lipinski definition) is 2. The molecule has 0 aromatic heterocycles. The van der Waals surface area contributed by atoms with Crippen LogP contribution in [0.2, 0.25) is 5.02 Å². The Morgan fingerprint density at radius 1 is 1.26 bits per heavy atom. The normalized spacial score (nSPS) is 11.0. The number of ether oxygens (including phenoxy) is 1. The average molecular weight is 519 g/mol. The van der Waals surface area contributed by atoms with Gasteiger partial charge >= 0.3 is 0 Å². The molecule has 0 aliphatic carbocycles. The van der Waals surface area contributed by atoms with Gasteiger partial charge in [-0.05, 0) is 44.4 Å². The molecule has 0 bridgehead atoms. The number of halogens is 3. The summed E-state index contributed by atoms with van der Waals surface area (Å²) in [6, 6.07) is 5.85. The lowest BCUT2D eigenvalue weighted by Gasteiger charge is -2.11. The van der Waals surface area contributed by atoms with Crippen molar-refractivity contribution in [2.75, 3.05) is 26.3 Å². The Bertz CT molecular complexity index is 475. The van der Waals surface area contributed by atoms with Crippen LogP contribution >= 0.6 is 51.5 Å². The van der Waals surface area contributed by atoms with Gasteiger partial charge in [0, 0.05) is 35.8 Å². The van der Waals surface area contributed by atoms with Crippen molar-refractivity contribution in [1.29, 1.82) is 0 Å². The molecule has 1 rings (SSSR count). The van der Waals surface area contributed by atoms with E-state index in [0.29, 0.717) is 6.54 Å². The first kappa shape index (κ1) is 22.9. The highest BCUT2D eigenvalue weighted by Gasteiger charge is 2.02. The predicted octanol–water partition coefficient (Wildman–Crippen LogP) is 4.59. The minimum atomic E-state index is 0. The van der Waals surface area contributed by atoms with E-state index in [4.69, 9.17) is 16.3 Å². The summed E-state index contributed by atoms with van der Waals surface area (Å²) >= 11 is 9.62. The molecule has 0 radical (unpaired) electrons. The molecule has 0 aliphatic heterocycles. The minimum absolute atomic E-state index is 0. The number of unbranched alkanes of at least 4 members (excludes halogenated alkanes) is 1. The molecule has 0 spiro atoms.